The van der Waals surface area contributed by atoms with Gasteiger partial charge in [0.25, 0.3) is 0 Å². The van der Waals surface area contributed by atoms with Crippen molar-refractivity contribution in [3.05, 3.63) is 71.3 Å². The second kappa shape index (κ2) is 7.47. The monoisotopic (exact) mass is 325 g/mol. The number of ether oxygens (including phenoxy) is 1. The van der Waals surface area contributed by atoms with E-state index in [1.165, 1.54) is 5.56 Å². The first-order valence-electron chi connectivity index (χ1n) is 8.17. The summed E-state index contributed by atoms with van der Waals surface area (Å²) in [5.41, 5.74) is 8.74. The first kappa shape index (κ1) is 16.5. The molecule has 126 valence electrons. The Bertz CT molecular complexity index is 686. The number of nitrogens with two attached hydrogens (primary N) is 1. The van der Waals surface area contributed by atoms with Gasteiger partial charge in [0.05, 0.1) is 12.7 Å². The third kappa shape index (κ3) is 3.58. The Hall–Kier alpha value is -2.37. The highest BCUT2D eigenvalue weighted by Gasteiger charge is 2.25. The number of benzene rings is 2. The van der Waals surface area contributed by atoms with Crippen molar-refractivity contribution >= 4 is 5.84 Å². The molecule has 0 spiro atoms. The lowest BCUT2D eigenvalue weighted by molar-refractivity contribution is -0.0431. The van der Waals surface area contributed by atoms with Crippen LogP contribution in [0, 0.1) is 0 Å². The minimum atomic E-state index is 0.0336. The average Bonchev–Trinajstić information content (AvgIpc) is 2.67. The van der Waals surface area contributed by atoms with E-state index in [9.17, 15) is 0 Å². The Morgan fingerprint density at radius 3 is 2.58 bits per heavy atom. The molecule has 3 N–H and O–H groups in total. The molecule has 0 bridgehead atoms. The lowest BCUT2D eigenvalue weighted by atomic mass is 10.0. The summed E-state index contributed by atoms with van der Waals surface area (Å²) in [5.74, 6) is 0.116. The summed E-state index contributed by atoms with van der Waals surface area (Å²) in [4.78, 5) is 2.45. The van der Waals surface area contributed by atoms with E-state index in [1.54, 1.807) is 0 Å². The summed E-state index contributed by atoms with van der Waals surface area (Å²) in [7, 11) is 0. The third-order valence-electron chi connectivity index (χ3n) is 4.61. The van der Waals surface area contributed by atoms with Crippen LogP contribution in [-0.4, -0.2) is 35.6 Å². The van der Waals surface area contributed by atoms with Crippen molar-refractivity contribution in [3.63, 3.8) is 0 Å². The van der Waals surface area contributed by atoms with E-state index < -0.39 is 0 Å². The van der Waals surface area contributed by atoms with E-state index in [0.29, 0.717) is 18.2 Å². The fraction of sp³-hybridized carbons (Fsp3) is 0.316. The number of hydrogen-bond acceptors (Lipinski definition) is 4. The van der Waals surface area contributed by atoms with E-state index >= 15 is 0 Å². The molecule has 0 aliphatic carbocycles. The van der Waals surface area contributed by atoms with Gasteiger partial charge in [-0.25, -0.2) is 0 Å². The van der Waals surface area contributed by atoms with E-state index in [0.717, 1.165) is 18.7 Å². The maximum Gasteiger partial charge on any atom is 0.170 e. The molecule has 1 unspecified atom stereocenters. The largest absolute Gasteiger partial charge is 0.409 e. The van der Waals surface area contributed by atoms with Gasteiger partial charge >= 0.3 is 0 Å². The van der Waals surface area contributed by atoms with Crippen LogP contribution >= 0.6 is 0 Å². The molecule has 0 aromatic heterocycles. The molecule has 5 heteroatoms. The van der Waals surface area contributed by atoms with Gasteiger partial charge in [-0.1, -0.05) is 59.8 Å². The van der Waals surface area contributed by atoms with E-state index in [1.807, 2.05) is 30.3 Å². The van der Waals surface area contributed by atoms with Crippen molar-refractivity contribution in [1.29, 1.82) is 0 Å². The van der Waals surface area contributed by atoms with Crippen molar-refractivity contribution in [2.75, 3.05) is 19.7 Å². The van der Waals surface area contributed by atoms with Gasteiger partial charge in [0.1, 0.15) is 0 Å². The summed E-state index contributed by atoms with van der Waals surface area (Å²) in [6.07, 6.45) is 0.0336. The van der Waals surface area contributed by atoms with Crippen LogP contribution in [0.5, 0.6) is 0 Å². The van der Waals surface area contributed by atoms with E-state index in [-0.39, 0.29) is 11.9 Å². The molecule has 1 heterocycles. The Morgan fingerprint density at radius 1 is 1.21 bits per heavy atom. The fourth-order valence-corrected chi connectivity index (χ4v) is 3.09. The standard InChI is InChI=1S/C19H23N3O2/c1-14(15-5-3-2-4-6-15)22-11-12-24-18(13-22)16-7-9-17(10-8-16)19(20)21-23/h2-10,14,18,23H,11-13H2,1H3,(H2,20,21)/t14-,18?/m1/s1. The molecule has 1 fully saturated rings. The van der Waals surface area contributed by atoms with Crippen molar-refractivity contribution in [2.45, 2.75) is 19.1 Å². The molecule has 2 aromatic rings. The average molecular weight is 325 g/mol. The summed E-state index contributed by atoms with van der Waals surface area (Å²) < 4.78 is 5.95. The van der Waals surface area contributed by atoms with Crippen LogP contribution < -0.4 is 5.73 Å². The summed E-state index contributed by atoms with van der Waals surface area (Å²) in [6.45, 7) is 4.72. The van der Waals surface area contributed by atoms with Crippen LogP contribution in [-0.2, 0) is 4.74 Å². The molecular weight excluding hydrogens is 302 g/mol. The van der Waals surface area contributed by atoms with Gasteiger partial charge in [0.2, 0.25) is 0 Å². The van der Waals surface area contributed by atoms with Crippen molar-refractivity contribution in [2.24, 2.45) is 10.9 Å². The maximum absolute atomic E-state index is 8.74. The smallest absolute Gasteiger partial charge is 0.170 e. The zero-order valence-electron chi connectivity index (χ0n) is 13.8. The van der Waals surface area contributed by atoms with Gasteiger partial charge in [-0.15, -0.1) is 0 Å². The van der Waals surface area contributed by atoms with Gasteiger partial charge in [0.15, 0.2) is 5.84 Å². The molecular formula is C19H23N3O2. The molecule has 5 nitrogen and oxygen atoms in total. The van der Waals surface area contributed by atoms with Gasteiger partial charge in [0, 0.05) is 24.7 Å². The zero-order chi connectivity index (χ0) is 16.9. The van der Waals surface area contributed by atoms with Crippen molar-refractivity contribution in [1.82, 2.24) is 4.90 Å². The maximum atomic E-state index is 8.74. The van der Waals surface area contributed by atoms with Gasteiger partial charge in [-0.2, -0.15) is 0 Å². The predicted molar refractivity (Wildman–Crippen MR) is 94.1 cm³/mol. The number of nitrogens with zero attached hydrogens (tertiary/aromatic N) is 2. The van der Waals surface area contributed by atoms with Crippen LogP contribution in [0.1, 0.15) is 35.8 Å². The second-order valence-corrected chi connectivity index (χ2v) is 6.05. The highest BCUT2D eigenvalue weighted by Crippen LogP contribution is 2.28. The Morgan fingerprint density at radius 2 is 1.92 bits per heavy atom. The van der Waals surface area contributed by atoms with Crippen LogP contribution in [0.4, 0.5) is 0 Å². The van der Waals surface area contributed by atoms with Crippen molar-refractivity contribution < 1.29 is 9.94 Å². The normalized spacial score (nSPS) is 20.7. The number of amidine groups is 1. The van der Waals surface area contributed by atoms with E-state index in [2.05, 4.69) is 41.2 Å². The Labute approximate surface area is 142 Å². The lowest BCUT2D eigenvalue weighted by Crippen LogP contribution is -2.39. The summed E-state index contributed by atoms with van der Waals surface area (Å²) >= 11 is 0. The highest BCUT2D eigenvalue weighted by atomic mass is 16.5. The molecule has 0 radical (unpaired) electrons. The van der Waals surface area contributed by atoms with Crippen LogP contribution in [0.2, 0.25) is 0 Å². The molecule has 24 heavy (non-hydrogen) atoms. The highest BCUT2D eigenvalue weighted by molar-refractivity contribution is 5.96. The Balaban J connectivity index is 1.71. The molecule has 0 amide bonds. The molecule has 1 aliphatic rings. The van der Waals surface area contributed by atoms with Crippen LogP contribution in [0.3, 0.4) is 0 Å². The predicted octanol–water partition coefficient (Wildman–Crippen LogP) is 2.92. The minimum Gasteiger partial charge on any atom is -0.409 e. The zero-order valence-corrected chi connectivity index (χ0v) is 13.8. The van der Waals surface area contributed by atoms with Gasteiger partial charge in [-0.3, -0.25) is 4.90 Å². The summed E-state index contributed by atoms with van der Waals surface area (Å²) in [6, 6.07) is 18.6. The molecule has 3 rings (SSSR count). The molecule has 1 saturated heterocycles. The number of hydrogen-bond donors (Lipinski definition) is 2. The second-order valence-electron chi connectivity index (χ2n) is 6.05. The topological polar surface area (TPSA) is 71.1 Å². The molecule has 2 aromatic carbocycles. The quantitative estimate of drug-likeness (QED) is 0.392. The van der Waals surface area contributed by atoms with Crippen LogP contribution in [0.15, 0.2) is 59.8 Å². The van der Waals surface area contributed by atoms with Gasteiger partial charge in [-0.05, 0) is 18.1 Å². The van der Waals surface area contributed by atoms with Crippen LogP contribution in [0.25, 0.3) is 0 Å². The first-order valence-corrected chi connectivity index (χ1v) is 8.17. The van der Waals surface area contributed by atoms with E-state index in [4.69, 9.17) is 15.7 Å². The SMILES string of the molecule is C[C@H](c1ccccc1)N1CCOC(c2ccc(C(N)=NO)cc2)C1. The number of morpholine rings is 1. The first-order chi connectivity index (χ1) is 11.7. The number of oxime groups is 1. The van der Waals surface area contributed by atoms with Gasteiger partial charge < -0.3 is 15.7 Å². The lowest BCUT2D eigenvalue weighted by Gasteiger charge is -2.37. The molecule has 0 saturated carbocycles. The summed E-state index contributed by atoms with van der Waals surface area (Å²) in [5, 5.41) is 11.8. The molecule has 2 atom stereocenters. The van der Waals surface area contributed by atoms with Crippen molar-refractivity contribution in [3.8, 4) is 0 Å². The Kier molecular flexibility index (Phi) is 5.13. The third-order valence-corrected chi connectivity index (χ3v) is 4.61. The minimum absolute atomic E-state index is 0.0336. The molecule has 1 aliphatic heterocycles. The number of rotatable bonds is 4. The fourth-order valence-electron chi connectivity index (χ4n) is 3.09.